The van der Waals surface area contributed by atoms with E-state index in [1.807, 2.05) is 20.8 Å². The van der Waals surface area contributed by atoms with E-state index in [1.54, 1.807) is 41.6 Å². The number of hydrogen-bond acceptors (Lipinski definition) is 8. The number of nitrogens with zero attached hydrogens (tertiary/aromatic N) is 3. The van der Waals surface area contributed by atoms with E-state index in [9.17, 15) is 14.4 Å². The average Bonchev–Trinajstić information content (AvgIpc) is 2.89. The van der Waals surface area contributed by atoms with Crippen LogP contribution in [0.1, 0.15) is 99.3 Å². The standard InChI is InChI=1S/C17H22N2O4.C13H15NO2.ClH/c1-16(2,3)23-15(21)19-9-6-17(7-10-19)11-13(20)12-5-4-8-18-14(12)22-17;15-11-9-13(6-2-1-3-7-13)16-12-10(11)5-4-8-14-12;/h4-5,8H,6-7,9-11H2,1-3H3;4-5,8H,1-3,6-7,9H2;1H. The van der Waals surface area contributed by atoms with Crippen LogP contribution in [-0.2, 0) is 4.74 Å². The van der Waals surface area contributed by atoms with Gasteiger partial charge in [0.1, 0.15) is 16.8 Å². The number of likely N-dealkylation sites (tertiary alicyclic amines) is 1. The van der Waals surface area contributed by atoms with E-state index >= 15 is 0 Å². The minimum absolute atomic E-state index is 0. The van der Waals surface area contributed by atoms with Crippen molar-refractivity contribution in [1.82, 2.24) is 14.9 Å². The van der Waals surface area contributed by atoms with Crippen LogP contribution in [0.15, 0.2) is 36.7 Å². The predicted octanol–water partition coefficient (Wildman–Crippen LogP) is 5.99. The number of carbonyl (C=O) groups is 3. The van der Waals surface area contributed by atoms with E-state index in [0.717, 1.165) is 25.7 Å². The maximum atomic E-state index is 12.3. The molecule has 0 aromatic carbocycles. The van der Waals surface area contributed by atoms with Crippen molar-refractivity contribution in [1.29, 1.82) is 0 Å². The zero-order chi connectivity index (χ0) is 27.7. The summed E-state index contributed by atoms with van der Waals surface area (Å²) in [4.78, 5) is 46.5. The summed E-state index contributed by atoms with van der Waals surface area (Å²) in [5, 5.41) is 0. The molecule has 10 heteroatoms. The van der Waals surface area contributed by atoms with Crippen LogP contribution in [0.4, 0.5) is 4.79 Å². The van der Waals surface area contributed by atoms with Crippen LogP contribution in [0, 0.1) is 0 Å². The molecular formula is C30H38ClN3O6. The van der Waals surface area contributed by atoms with E-state index in [-0.39, 0.29) is 35.7 Å². The molecule has 0 N–H and O–H groups in total. The molecule has 3 aliphatic heterocycles. The van der Waals surface area contributed by atoms with Crippen molar-refractivity contribution in [3.63, 3.8) is 0 Å². The fourth-order valence-electron chi connectivity index (χ4n) is 5.80. The Bertz CT molecular complexity index is 1250. The maximum Gasteiger partial charge on any atom is 0.410 e. The lowest BCUT2D eigenvalue weighted by atomic mass is 9.79. The molecular weight excluding hydrogens is 534 g/mol. The number of carbonyl (C=O) groups excluding carboxylic acids is 3. The van der Waals surface area contributed by atoms with E-state index in [4.69, 9.17) is 14.2 Å². The molecule has 2 fully saturated rings. The molecule has 1 amide bonds. The number of halogens is 1. The normalized spacial score (nSPS) is 20.5. The van der Waals surface area contributed by atoms with Gasteiger partial charge in [-0.15, -0.1) is 12.4 Å². The fraction of sp³-hybridized carbons (Fsp3) is 0.567. The number of ether oxygens (including phenoxy) is 3. The van der Waals surface area contributed by atoms with E-state index in [2.05, 4.69) is 9.97 Å². The Hall–Kier alpha value is -3.20. The number of hydrogen-bond donors (Lipinski definition) is 0. The molecule has 1 saturated heterocycles. The van der Waals surface area contributed by atoms with Crippen LogP contribution >= 0.6 is 12.4 Å². The summed E-state index contributed by atoms with van der Waals surface area (Å²) in [6.07, 6.45) is 10.7. The van der Waals surface area contributed by atoms with Crippen molar-refractivity contribution in [2.45, 2.75) is 95.4 Å². The van der Waals surface area contributed by atoms with E-state index < -0.39 is 11.2 Å². The lowest BCUT2D eigenvalue weighted by Crippen LogP contribution is -2.53. The van der Waals surface area contributed by atoms with Crippen molar-refractivity contribution < 1.29 is 28.6 Å². The van der Waals surface area contributed by atoms with Gasteiger partial charge in [-0.05, 0) is 70.7 Å². The van der Waals surface area contributed by atoms with Gasteiger partial charge in [0, 0.05) is 38.3 Å². The number of Topliss-reactive ketones (excluding diaryl/α,β-unsaturated/α-hetero) is 2. The molecule has 0 unspecified atom stereocenters. The maximum absolute atomic E-state index is 12.3. The van der Waals surface area contributed by atoms with Crippen LogP contribution in [0.25, 0.3) is 0 Å². The zero-order valence-electron chi connectivity index (χ0n) is 23.4. The molecule has 1 saturated carbocycles. The minimum atomic E-state index is -0.545. The third kappa shape index (κ3) is 6.57. The lowest BCUT2D eigenvalue weighted by Gasteiger charge is -2.43. The van der Waals surface area contributed by atoms with Gasteiger partial charge in [-0.25, -0.2) is 14.8 Å². The molecule has 0 radical (unpaired) electrons. The molecule has 5 heterocycles. The molecule has 4 aliphatic rings. The summed E-state index contributed by atoms with van der Waals surface area (Å²) in [5.74, 6) is 1.21. The third-order valence-electron chi connectivity index (χ3n) is 7.83. The Labute approximate surface area is 241 Å². The fourth-order valence-corrected chi connectivity index (χ4v) is 5.80. The minimum Gasteiger partial charge on any atom is -0.470 e. The number of ketones is 2. The van der Waals surface area contributed by atoms with Gasteiger partial charge in [0.2, 0.25) is 11.8 Å². The predicted molar refractivity (Wildman–Crippen MR) is 150 cm³/mol. The molecule has 40 heavy (non-hydrogen) atoms. The highest BCUT2D eigenvalue weighted by molar-refractivity contribution is 6.00. The Morgan fingerprint density at radius 3 is 1.77 bits per heavy atom. The number of rotatable bonds is 0. The summed E-state index contributed by atoms with van der Waals surface area (Å²) in [6.45, 7) is 6.58. The number of piperidine rings is 1. The van der Waals surface area contributed by atoms with Crippen LogP contribution in [0.2, 0.25) is 0 Å². The summed E-state index contributed by atoms with van der Waals surface area (Å²) in [6, 6.07) is 7.08. The first kappa shape index (κ1) is 29.8. The topological polar surface area (TPSA) is 108 Å². The Morgan fingerprint density at radius 2 is 1.30 bits per heavy atom. The first-order valence-electron chi connectivity index (χ1n) is 13.9. The van der Waals surface area contributed by atoms with Crippen molar-refractivity contribution >= 4 is 30.1 Å². The first-order valence-corrected chi connectivity index (χ1v) is 13.9. The second kappa shape index (κ2) is 11.7. The molecule has 6 rings (SSSR count). The molecule has 2 aromatic rings. The van der Waals surface area contributed by atoms with Crippen LogP contribution in [0.3, 0.4) is 0 Å². The van der Waals surface area contributed by atoms with Gasteiger partial charge in [-0.1, -0.05) is 6.42 Å². The van der Waals surface area contributed by atoms with Gasteiger partial charge >= 0.3 is 6.09 Å². The quantitative estimate of drug-likeness (QED) is 0.379. The Balaban J connectivity index is 0.000000191. The van der Waals surface area contributed by atoms with Crippen molar-refractivity contribution in [2.24, 2.45) is 0 Å². The van der Waals surface area contributed by atoms with Crippen molar-refractivity contribution in [2.75, 3.05) is 13.1 Å². The van der Waals surface area contributed by atoms with Gasteiger partial charge < -0.3 is 19.1 Å². The van der Waals surface area contributed by atoms with Gasteiger partial charge in [0.25, 0.3) is 0 Å². The Morgan fingerprint density at radius 1 is 0.825 bits per heavy atom. The van der Waals surface area contributed by atoms with Crippen molar-refractivity contribution in [3.8, 4) is 11.8 Å². The number of fused-ring (bicyclic) bond motifs is 2. The summed E-state index contributed by atoms with van der Waals surface area (Å²) in [7, 11) is 0. The third-order valence-corrected chi connectivity index (χ3v) is 7.83. The lowest BCUT2D eigenvalue weighted by molar-refractivity contribution is -0.0247. The van der Waals surface area contributed by atoms with Gasteiger partial charge in [0.05, 0.1) is 24.0 Å². The highest BCUT2D eigenvalue weighted by Gasteiger charge is 2.45. The van der Waals surface area contributed by atoms with Gasteiger partial charge in [-0.3, -0.25) is 9.59 Å². The van der Waals surface area contributed by atoms with Crippen LogP contribution in [-0.4, -0.2) is 62.4 Å². The van der Waals surface area contributed by atoms with Crippen LogP contribution in [0.5, 0.6) is 11.8 Å². The second-order valence-corrected chi connectivity index (χ2v) is 12.0. The number of aromatic nitrogens is 2. The molecule has 2 spiro atoms. The average molecular weight is 572 g/mol. The number of amides is 1. The zero-order valence-corrected chi connectivity index (χ0v) is 24.3. The second-order valence-electron chi connectivity index (χ2n) is 12.0. The highest BCUT2D eigenvalue weighted by Crippen LogP contribution is 2.41. The summed E-state index contributed by atoms with van der Waals surface area (Å²) in [5.41, 5.74) is -0.0913. The first-order chi connectivity index (χ1) is 18.6. The molecule has 2 aromatic heterocycles. The summed E-state index contributed by atoms with van der Waals surface area (Å²) < 4.78 is 17.4. The van der Waals surface area contributed by atoms with Gasteiger partial charge in [-0.2, -0.15) is 0 Å². The number of pyridine rings is 2. The molecule has 0 bridgehead atoms. The van der Waals surface area contributed by atoms with Crippen LogP contribution < -0.4 is 9.47 Å². The van der Waals surface area contributed by atoms with E-state index in [0.29, 0.717) is 61.7 Å². The van der Waals surface area contributed by atoms with Crippen molar-refractivity contribution in [3.05, 3.63) is 47.8 Å². The van der Waals surface area contributed by atoms with Gasteiger partial charge in [0.15, 0.2) is 11.6 Å². The summed E-state index contributed by atoms with van der Waals surface area (Å²) >= 11 is 0. The van der Waals surface area contributed by atoms with E-state index in [1.165, 1.54) is 6.42 Å². The smallest absolute Gasteiger partial charge is 0.410 e. The SMILES string of the molecule is CC(C)(C)OC(=O)N1CCC2(CC1)CC(=O)c1cccnc1O2.Cl.O=C1CC2(CCCCC2)Oc2ncccc21. The molecule has 9 nitrogen and oxygen atoms in total. The molecule has 216 valence electrons. The molecule has 0 atom stereocenters. The monoisotopic (exact) mass is 571 g/mol. The molecule has 1 aliphatic carbocycles. The largest absolute Gasteiger partial charge is 0.470 e. The Kier molecular flexibility index (Phi) is 8.73. The highest BCUT2D eigenvalue weighted by atomic mass is 35.5.